The van der Waals surface area contributed by atoms with Gasteiger partial charge in [0.1, 0.15) is 5.75 Å². The van der Waals surface area contributed by atoms with Crippen molar-refractivity contribution in [2.75, 3.05) is 0 Å². The summed E-state index contributed by atoms with van der Waals surface area (Å²) in [5.41, 5.74) is -1.98. The molecular weight excluding hydrogens is 322 g/mol. The van der Waals surface area contributed by atoms with Gasteiger partial charge in [-0.15, -0.1) is 0 Å². The molecule has 1 aliphatic carbocycles. The number of aromatic hydroxyl groups is 1. The number of aliphatic carboxylic acids is 1. The van der Waals surface area contributed by atoms with Crippen molar-refractivity contribution in [1.82, 2.24) is 0 Å². The van der Waals surface area contributed by atoms with E-state index in [1.165, 1.54) is 0 Å². The van der Waals surface area contributed by atoms with Crippen molar-refractivity contribution in [3.05, 3.63) is 27.7 Å². The Bertz CT molecular complexity index is 499. The molecule has 3 nitrogen and oxygen atoms in total. The fourth-order valence-electron chi connectivity index (χ4n) is 2.75. The second kappa shape index (κ2) is 5.07. The van der Waals surface area contributed by atoms with E-state index in [-0.39, 0.29) is 17.3 Å². The smallest absolute Gasteiger partial charge is 0.314 e. The molecule has 1 saturated carbocycles. The molecule has 0 radical (unpaired) electrons. The van der Waals surface area contributed by atoms with Gasteiger partial charge in [-0.2, -0.15) is 0 Å². The van der Waals surface area contributed by atoms with Crippen LogP contribution in [-0.4, -0.2) is 16.2 Å². The lowest BCUT2D eigenvalue weighted by Crippen LogP contribution is -2.39. The molecule has 19 heavy (non-hydrogen) atoms. The molecule has 0 saturated heterocycles. The van der Waals surface area contributed by atoms with Crippen molar-refractivity contribution in [2.24, 2.45) is 0 Å². The number of carboxylic acids is 1. The monoisotopic (exact) mass is 334 g/mol. The topological polar surface area (TPSA) is 57.5 Å². The molecule has 0 atom stereocenters. The van der Waals surface area contributed by atoms with Gasteiger partial charge in [0.05, 0.1) is 15.5 Å². The van der Waals surface area contributed by atoms with E-state index in [0.717, 1.165) is 12.5 Å². The molecule has 0 aliphatic heterocycles. The summed E-state index contributed by atoms with van der Waals surface area (Å²) in [6.07, 6.45) is 2.47. The summed E-state index contributed by atoms with van der Waals surface area (Å²) in [5, 5.41) is 19.4. The Kier molecular flexibility index (Phi) is 3.80. The fraction of sp³-hybridized carbons (Fsp3) is 0.462. The molecule has 2 rings (SSSR count). The van der Waals surface area contributed by atoms with Gasteiger partial charge in [-0.25, -0.2) is 8.78 Å². The van der Waals surface area contributed by atoms with Crippen LogP contribution in [-0.2, 0) is 10.2 Å². The zero-order chi connectivity index (χ0) is 14.2. The minimum absolute atomic E-state index is 0.0346. The van der Waals surface area contributed by atoms with Crippen molar-refractivity contribution in [2.45, 2.75) is 37.5 Å². The number of phenolic OH excluding ortho intramolecular Hbond substituents is 1. The van der Waals surface area contributed by atoms with Gasteiger partial charge in [-0.1, -0.05) is 19.3 Å². The van der Waals surface area contributed by atoms with E-state index in [0.29, 0.717) is 12.8 Å². The zero-order valence-electron chi connectivity index (χ0n) is 10.0. The molecule has 1 aromatic carbocycles. The maximum absolute atomic E-state index is 14.0. The molecular formula is C13H13BrF2O3. The highest BCUT2D eigenvalue weighted by molar-refractivity contribution is 9.10. The standard InChI is InChI=1S/C13H13BrF2O3/c14-7-6-8(15)10(16)9(11(7)17)13(12(18)19)4-2-1-3-5-13/h6,17H,1-5H2,(H,18,19). The van der Waals surface area contributed by atoms with E-state index in [2.05, 4.69) is 15.9 Å². The Labute approximate surface area is 117 Å². The van der Waals surface area contributed by atoms with Crippen LogP contribution >= 0.6 is 15.9 Å². The number of rotatable bonds is 2. The van der Waals surface area contributed by atoms with Crippen LogP contribution in [0.3, 0.4) is 0 Å². The third kappa shape index (κ3) is 2.22. The first-order valence-electron chi connectivity index (χ1n) is 6.00. The highest BCUT2D eigenvalue weighted by Gasteiger charge is 2.46. The lowest BCUT2D eigenvalue weighted by Gasteiger charge is -2.34. The zero-order valence-corrected chi connectivity index (χ0v) is 11.6. The third-order valence-corrected chi connectivity index (χ3v) is 4.35. The van der Waals surface area contributed by atoms with E-state index < -0.39 is 34.3 Å². The van der Waals surface area contributed by atoms with Crippen LogP contribution in [0.4, 0.5) is 8.78 Å². The maximum atomic E-state index is 14.0. The number of hydrogen-bond donors (Lipinski definition) is 2. The largest absolute Gasteiger partial charge is 0.506 e. The Morgan fingerprint density at radius 2 is 1.84 bits per heavy atom. The molecule has 0 aromatic heterocycles. The number of carboxylic acid groups (broad SMARTS) is 1. The first-order valence-corrected chi connectivity index (χ1v) is 6.80. The minimum atomic E-state index is -1.54. The summed E-state index contributed by atoms with van der Waals surface area (Å²) in [6, 6.07) is 0.798. The van der Waals surface area contributed by atoms with E-state index in [9.17, 15) is 23.8 Å². The van der Waals surface area contributed by atoms with Gasteiger partial charge in [0, 0.05) is 0 Å². The maximum Gasteiger partial charge on any atom is 0.314 e. The third-order valence-electron chi connectivity index (χ3n) is 3.74. The van der Waals surface area contributed by atoms with E-state index >= 15 is 0 Å². The number of carbonyl (C=O) groups is 1. The van der Waals surface area contributed by atoms with Crippen LogP contribution in [0.15, 0.2) is 10.5 Å². The van der Waals surface area contributed by atoms with E-state index in [1.54, 1.807) is 0 Å². The lowest BCUT2D eigenvalue weighted by molar-refractivity contribution is -0.145. The van der Waals surface area contributed by atoms with Crippen molar-refractivity contribution >= 4 is 21.9 Å². The van der Waals surface area contributed by atoms with Crippen molar-refractivity contribution in [3.63, 3.8) is 0 Å². The predicted molar refractivity (Wildman–Crippen MR) is 68.1 cm³/mol. The fourth-order valence-corrected chi connectivity index (χ4v) is 3.15. The Hall–Kier alpha value is -1.17. The van der Waals surface area contributed by atoms with Gasteiger partial charge >= 0.3 is 5.97 Å². The highest BCUT2D eigenvalue weighted by Crippen LogP contribution is 2.47. The minimum Gasteiger partial charge on any atom is -0.506 e. The Morgan fingerprint density at radius 3 is 2.37 bits per heavy atom. The SMILES string of the molecule is O=C(O)C1(c2c(O)c(Br)cc(F)c2F)CCCCC1. The summed E-state index contributed by atoms with van der Waals surface area (Å²) in [6.45, 7) is 0. The number of phenols is 1. The van der Waals surface area contributed by atoms with Crippen molar-refractivity contribution in [1.29, 1.82) is 0 Å². The highest BCUT2D eigenvalue weighted by atomic mass is 79.9. The normalized spacial score (nSPS) is 18.3. The molecule has 1 aromatic rings. The first kappa shape index (κ1) is 14.2. The lowest BCUT2D eigenvalue weighted by atomic mass is 9.69. The number of hydrogen-bond acceptors (Lipinski definition) is 2. The molecule has 104 valence electrons. The average molecular weight is 335 g/mol. The second-order valence-electron chi connectivity index (χ2n) is 4.83. The Balaban J connectivity index is 2.70. The molecule has 1 aliphatic rings. The van der Waals surface area contributed by atoms with Crippen LogP contribution in [0, 0.1) is 11.6 Å². The summed E-state index contributed by atoms with van der Waals surface area (Å²) in [4.78, 5) is 11.6. The van der Waals surface area contributed by atoms with Crippen LogP contribution in [0.25, 0.3) is 0 Å². The summed E-state index contributed by atoms with van der Waals surface area (Å²) in [7, 11) is 0. The average Bonchev–Trinajstić information content (AvgIpc) is 2.37. The Morgan fingerprint density at radius 1 is 1.26 bits per heavy atom. The summed E-state index contributed by atoms with van der Waals surface area (Å²) >= 11 is 2.92. The van der Waals surface area contributed by atoms with E-state index in [1.807, 2.05) is 0 Å². The van der Waals surface area contributed by atoms with Gasteiger partial charge in [-0.3, -0.25) is 4.79 Å². The molecule has 0 spiro atoms. The number of halogens is 3. The second-order valence-corrected chi connectivity index (χ2v) is 5.68. The summed E-state index contributed by atoms with van der Waals surface area (Å²) < 4.78 is 27.5. The molecule has 0 bridgehead atoms. The van der Waals surface area contributed by atoms with Gasteiger partial charge in [0.2, 0.25) is 0 Å². The molecule has 0 amide bonds. The van der Waals surface area contributed by atoms with Gasteiger partial charge in [0.15, 0.2) is 11.6 Å². The van der Waals surface area contributed by atoms with Crippen LogP contribution in [0.1, 0.15) is 37.7 Å². The van der Waals surface area contributed by atoms with Crippen molar-refractivity contribution < 1.29 is 23.8 Å². The van der Waals surface area contributed by atoms with Crippen LogP contribution in [0.5, 0.6) is 5.75 Å². The summed E-state index contributed by atoms with van der Waals surface area (Å²) in [5.74, 6) is -4.18. The quantitative estimate of drug-likeness (QED) is 0.810. The number of benzene rings is 1. The molecule has 1 fully saturated rings. The predicted octanol–water partition coefficient (Wildman–Crippen LogP) is 3.72. The molecule has 0 unspecified atom stereocenters. The van der Waals surface area contributed by atoms with Crippen LogP contribution in [0.2, 0.25) is 0 Å². The molecule has 2 N–H and O–H groups in total. The van der Waals surface area contributed by atoms with Gasteiger partial charge < -0.3 is 10.2 Å². The van der Waals surface area contributed by atoms with Crippen molar-refractivity contribution in [3.8, 4) is 5.75 Å². The molecule has 6 heteroatoms. The first-order chi connectivity index (χ1) is 8.90. The van der Waals surface area contributed by atoms with Gasteiger partial charge in [-0.05, 0) is 34.8 Å². The van der Waals surface area contributed by atoms with Crippen LogP contribution < -0.4 is 0 Å². The van der Waals surface area contributed by atoms with Gasteiger partial charge in [0.25, 0.3) is 0 Å². The van der Waals surface area contributed by atoms with E-state index in [4.69, 9.17) is 0 Å². The molecule has 0 heterocycles.